The zero-order chi connectivity index (χ0) is 19.7. The van der Waals surface area contributed by atoms with Crippen molar-refractivity contribution in [2.45, 2.75) is 18.9 Å². The van der Waals surface area contributed by atoms with Crippen molar-refractivity contribution < 1.29 is 13.6 Å². The molecular formula is C21H18ClF2N3O. The maximum absolute atomic E-state index is 13.3. The molecule has 1 aliphatic heterocycles. The predicted octanol–water partition coefficient (Wildman–Crippen LogP) is 4.57. The van der Waals surface area contributed by atoms with Crippen LogP contribution in [0.4, 0.5) is 14.6 Å². The minimum absolute atomic E-state index is 0.0266. The molecule has 0 bridgehead atoms. The summed E-state index contributed by atoms with van der Waals surface area (Å²) in [6.07, 6.45) is 3.24. The third-order valence-corrected chi connectivity index (χ3v) is 5.25. The monoisotopic (exact) mass is 401 g/mol. The van der Waals surface area contributed by atoms with Gasteiger partial charge in [0.05, 0.1) is 0 Å². The van der Waals surface area contributed by atoms with Crippen LogP contribution in [-0.4, -0.2) is 30.0 Å². The number of fused-ring (bicyclic) bond motifs is 1. The van der Waals surface area contributed by atoms with Crippen LogP contribution >= 0.6 is 11.6 Å². The highest BCUT2D eigenvalue weighted by atomic mass is 35.5. The molecule has 0 atom stereocenters. The van der Waals surface area contributed by atoms with Crippen LogP contribution in [0.3, 0.4) is 0 Å². The molecule has 0 aliphatic carbocycles. The Morgan fingerprint density at radius 3 is 2.61 bits per heavy atom. The first-order valence-electron chi connectivity index (χ1n) is 9.06. The average molecular weight is 402 g/mol. The van der Waals surface area contributed by atoms with Gasteiger partial charge in [-0.2, -0.15) is 0 Å². The third kappa shape index (κ3) is 3.78. The van der Waals surface area contributed by atoms with Gasteiger partial charge in [-0.3, -0.25) is 4.79 Å². The summed E-state index contributed by atoms with van der Waals surface area (Å²) in [5, 5.41) is 5.66. The molecule has 4 rings (SSSR count). The van der Waals surface area contributed by atoms with Gasteiger partial charge >= 0.3 is 0 Å². The number of rotatable bonds is 3. The van der Waals surface area contributed by atoms with Gasteiger partial charge in [0.1, 0.15) is 5.82 Å². The van der Waals surface area contributed by atoms with Gasteiger partial charge in [0.25, 0.3) is 5.91 Å². The zero-order valence-electron chi connectivity index (χ0n) is 15.0. The Morgan fingerprint density at radius 2 is 1.86 bits per heavy atom. The Labute approximate surface area is 166 Å². The lowest BCUT2D eigenvalue weighted by Crippen LogP contribution is -2.45. The lowest BCUT2D eigenvalue weighted by atomic mass is 10.0. The number of nitrogens with zero attached hydrogens (tertiary/aromatic N) is 2. The SMILES string of the molecule is O=C(NC1CCN(c2nccc3cc(Cl)ccc23)CC1)c1ccc(F)c(F)c1. The van der Waals surface area contributed by atoms with E-state index in [-0.39, 0.29) is 11.6 Å². The fourth-order valence-electron chi connectivity index (χ4n) is 3.53. The molecule has 28 heavy (non-hydrogen) atoms. The molecule has 1 N–H and O–H groups in total. The summed E-state index contributed by atoms with van der Waals surface area (Å²) < 4.78 is 26.4. The van der Waals surface area contributed by atoms with Crippen molar-refractivity contribution in [1.29, 1.82) is 0 Å². The van der Waals surface area contributed by atoms with Crippen LogP contribution in [0.1, 0.15) is 23.2 Å². The molecule has 0 radical (unpaired) electrons. The Hall–Kier alpha value is -2.73. The standard InChI is InChI=1S/C21H18ClF2N3O/c22-15-2-3-17-13(11-15)5-8-25-20(17)27-9-6-16(7-10-27)26-21(28)14-1-4-18(23)19(24)12-14/h1-5,8,11-12,16H,6-7,9-10H2,(H,26,28). The van der Waals surface area contributed by atoms with Crippen LogP contribution in [0.5, 0.6) is 0 Å². The predicted molar refractivity (Wildman–Crippen MR) is 106 cm³/mol. The van der Waals surface area contributed by atoms with E-state index in [1.54, 1.807) is 6.20 Å². The van der Waals surface area contributed by atoms with Gasteiger partial charge in [-0.1, -0.05) is 11.6 Å². The van der Waals surface area contributed by atoms with E-state index in [4.69, 9.17) is 11.6 Å². The molecule has 2 aromatic carbocycles. The lowest BCUT2D eigenvalue weighted by Gasteiger charge is -2.33. The summed E-state index contributed by atoms with van der Waals surface area (Å²) in [5.74, 6) is -1.48. The second-order valence-electron chi connectivity index (χ2n) is 6.86. The van der Waals surface area contributed by atoms with Crippen molar-refractivity contribution >= 4 is 34.1 Å². The topological polar surface area (TPSA) is 45.2 Å². The van der Waals surface area contributed by atoms with Crippen LogP contribution < -0.4 is 10.2 Å². The number of amides is 1. The highest BCUT2D eigenvalue weighted by Gasteiger charge is 2.23. The average Bonchev–Trinajstić information content (AvgIpc) is 2.70. The number of halogens is 3. The molecule has 0 saturated carbocycles. The van der Waals surface area contributed by atoms with Gasteiger partial charge in [-0.25, -0.2) is 13.8 Å². The van der Waals surface area contributed by atoms with E-state index >= 15 is 0 Å². The summed E-state index contributed by atoms with van der Waals surface area (Å²) in [6, 6.07) is 10.8. The molecule has 1 aromatic heterocycles. The number of hydrogen-bond donors (Lipinski definition) is 1. The fourth-order valence-corrected chi connectivity index (χ4v) is 3.71. The Kier molecular flexibility index (Phi) is 5.13. The highest BCUT2D eigenvalue weighted by Crippen LogP contribution is 2.28. The van der Waals surface area contributed by atoms with Crippen LogP contribution in [0, 0.1) is 11.6 Å². The zero-order valence-corrected chi connectivity index (χ0v) is 15.7. The van der Waals surface area contributed by atoms with Gasteiger partial charge < -0.3 is 10.2 Å². The molecule has 1 aliphatic rings. The van der Waals surface area contributed by atoms with Gasteiger partial charge in [0, 0.05) is 41.3 Å². The van der Waals surface area contributed by atoms with Crippen molar-refractivity contribution in [1.82, 2.24) is 10.3 Å². The first-order chi connectivity index (χ1) is 13.5. The molecule has 1 fully saturated rings. The highest BCUT2D eigenvalue weighted by molar-refractivity contribution is 6.31. The van der Waals surface area contributed by atoms with E-state index in [1.165, 1.54) is 6.07 Å². The van der Waals surface area contributed by atoms with Crippen molar-refractivity contribution in [2.75, 3.05) is 18.0 Å². The van der Waals surface area contributed by atoms with Crippen molar-refractivity contribution in [3.05, 3.63) is 70.9 Å². The number of aromatic nitrogens is 1. The van der Waals surface area contributed by atoms with Crippen LogP contribution in [0.2, 0.25) is 5.02 Å². The molecule has 2 heterocycles. The first kappa shape index (κ1) is 18.6. The second kappa shape index (κ2) is 7.72. The van der Waals surface area contributed by atoms with E-state index in [0.717, 1.165) is 54.7 Å². The number of piperidine rings is 1. The molecule has 1 saturated heterocycles. The number of pyridine rings is 1. The molecule has 1 amide bonds. The second-order valence-corrected chi connectivity index (χ2v) is 7.30. The van der Waals surface area contributed by atoms with E-state index in [9.17, 15) is 13.6 Å². The van der Waals surface area contributed by atoms with Gasteiger partial charge in [-0.05, 0) is 60.7 Å². The Balaban J connectivity index is 1.42. The maximum Gasteiger partial charge on any atom is 0.251 e. The van der Waals surface area contributed by atoms with Crippen molar-refractivity contribution in [3.8, 4) is 0 Å². The van der Waals surface area contributed by atoms with Gasteiger partial charge in [0.2, 0.25) is 0 Å². The third-order valence-electron chi connectivity index (χ3n) is 5.02. The fraction of sp³-hybridized carbons (Fsp3) is 0.238. The Bertz CT molecular complexity index is 1040. The minimum atomic E-state index is -1.02. The maximum atomic E-state index is 13.3. The molecule has 144 valence electrons. The number of anilines is 1. The summed E-state index contributed by atoms with van der Waals surface area (Å²) >= 11 is 6.07. The smallest absolute Gasteiger partial charge is 0.251 e. The van der Waals surface area contributed by atoms with Gasteiger partial charge in [-0.15, -0.1) is 0 Å². The van der Waals surface area contributed by atoms with E-state index in [0.29, 0.717) is 5.02 Å². The summed E-state index contributed by atoms with van der Waals surface area (Å²) in [6.45, 7) is 1.47. The van der Waals surface area contributed by atoms with Crippen molar-refractivity contribution in [3.63, 3.8) is 0 Å². The molecule has 4 nitrogen and oxygen atoms in total. The molecular weight excluding hydrogens is 384 g/mol. The quantitative estimate of drug-likeness (QED) is 0.699. The number of carbonyl (C=O) groups is 1. The number of benzene rings is 2. The molecule has 7 heteroatoms. The number of hydrogen-bond acceptors (Lipinski definition) is 3. The normalized spacial score (nSPS) is 15.0. The molecule has 0 spiro atoms. The molecule has 3 aromatic rings. The summed E-state index contributed by atoms with van der Waals surface area (Å²) in [5.41, 5.74) is 0.119. The van der Waals surface area contributed by atoms with E-state index in [2.05, 4.69) is 15.2 Å². The molecule has 0 unspecified atom stereocenters. The van der Waals surface area contributed by atoms with Crippen LogP contribution in [0.25, 0.3) is 10.8 Å². The number of nitrogens with one attached hydrogen (secondary N) is 1. The van der Waals surface area contributed by atoms with Crippen LogP contribution in [0.15, 0.2) is 48.7 Å². The van der Waals surface area contributed by atoms with Gasteiger partial charge in [0.15, 0.2) is 11.6 Å². The van der Waals surface area contributed by atoms with Crippen molar-refractivity contribution in [2.24, 2.45) is 0 Å². The summed E-state index contributed by atoms with van der Waals surface area (Å²) in [7, 11) is 0. The largest absolute Gasteiger partial charge is 0.356 e. The minimum Gasteiger partial charge on any atom is -0.356 e. The van der Waals surface area contributed by atoms with E-state index < -0.39 is 17.5 Å². The first-order valence-corrected chi connectivity index (χ1v) is 9.44. The lowest BCUT2D eigenvalue weighted by molar-refractivity contribution is 0.0930. The summed E-state index contributed by atoms with van der Waals surface area (Å²) in [4.78, 5) is 19.0. The Morgan fingerprint density at radius 1 is 1.07 bits per heavy atom. The van der Waals surface area contributed by atoms with E-state index in [1.807, 2.05) is 24.3 Å². The van der Waals surface area contributed by atoms with Crippen LogP contribution in [-0.2, 0) is 0 Å². The number of carbonyl (C=O) groups excluding carboxylic acids is 1.